The van der Waals surface area contributed by atoms with Gasteiger partial charge in [0.25, 0.3) is 0 Å². The van der Waals surface area contributed by atoms with Crippen molar-refractivity contribution >= 4 is 0 Å². The van der Waals surface area contributed by atoms with Crippen LogP contribution in [0.1, 0.15) is 59.8 Å². The maximum absolute atomic E-state index is 5.70. The monoisotopic (exact) mass is 227 g/mol. The second-order valence-corrected chi connectivity index (χ2v) is 5.73. The quantitative estimate of drug-likeness (QED) is 0.720. The minimum absolute atomic E-state index is 0.451. The van der Waals surface area contributed by atoms with Gasteiger partial charge in [0, 0.05) is 18.7 Å². The largest absolute Gasteiger partial charge is 0.377 e. The van der Waals surface area contributed by atoms with Crippen molar-refractivity contribution in [2.24, 2.45) is 5.92 Å². The van der Waals surface area contributed by atoms with E-state index in [9.17, 15) is 0 Å². The molecule has 3 unspecified atom stereocenters. The predicted molar refractivity (Wildman–Crippen MR) is 69.7 cm³/mol. The van der Waals surface area contributed by atoms with Gasteiger partial charge in [0.15, 0.2) is 0 Å². The smallest absolute Gasteiger partial charge is 0.0726 e. The zero-order valence-electron chi connectivity index (χ0n) is 11.5. The van der Waals surface area contributed by atoms with Crippen LogP contribution in [-0.2, 0) is 4.74 Å². The SMILES string of the molecule is CC(C)CCCC(C)NC(C)C1CCCO1. The molecule has 0 saturated carbocycles. The van der Waals surface area contributed by atoms with Gasteiger partial charge in [-0.3, -0.25) is 0 Å². The van der Waals surface area contributed by atoms with Gasteiger partial charge >= 0.3 is 0 Å². The van der Waals surface area contributed by atoms with E-state index in [0.29, 0.717) is 18.2 Å². The number of rotatable bonds is 7. The maximum Gasteiger partial charge on any atom is 0.0726 e. The molecule has 0 amide bonds. The molecule has 1 saturated heterocycles. The first-order valence-electron chi connectivity index (χ1n) is 6.97. The predicted octanol–water partition coefficient (Wildman–Crippen LogP) is 3.36. The van der Waals surface area contributed by atoms with Gasteiger partial charge in [0.1, 0.15) is 0 Å². The fourth-order valence-electron chi connectivity index (χ4n) is 2.47. The van der Waals surface area contributed by atoms with E-state index in [2.05, 4.69) is 33.0 Å². The second kappa shape index (κ2) is 7.29. The van der Waals surface area contributed by atoms with Crippen LogP contribution in [0.15, 0.2) is 0 Å². The van der Waals surface area contributed by atoms with Crippen LogP contribution in [-0.4, -0.2) is 24.8 Å². The van der Waals surface area contributed by atoms with Crippen LogP contribution in [0.2, 0.25) is 0 Å². The van der Waals surface area contributed by atoms with Crippen molar-refractivity contribution < 1.29 is 4.74 Å². The van der Waals surface area contributed by atoms with E-state index >= 15 is 0 Å². The maximum atomic E-state index is 5.70. The van der Waals surface area contributed by atoms with Crippen LogP contribution in [0.4, 0.5) is 0 Å². The molecule has 0 spiro atoms. The number of nitrogens with one attached hydrogen (secondary N) is 1. The van der Waals surface area contributed by atoms with Gasteiger partial charge in [-0.1, -0.05) is 26.7 Å². The number of hydrogen-bond donors (Lipinski definition) is 1. The molecule has 1 aliphatic rings. The first-order chi connectivity index (χ1) is 7.59. The van der Waals surface area contributed by atoms with Crippen molar-refractivity contribution in [2.75, 3.05) is 6.61 Å². The first-order valence-corrected chi connectivity index (χ1v) is 6.97. The van der Waals surface area contributed by atoms with E-state index in [-0.39, 0.29) is 0 Å². The van der Waals surface area contributed by atoms with E-state index in [1.807, 2.05) is 0 Å². The first kappa shape index (κ1) is 14.0. The molecule has 1 rings (SSSR count). The van der Waals surface area contributed by atoms with Gasteiger partial charge in [-0.15, -0.1) is 0 Å². The fourth-order valence-corrected chi connectivity index (χ4v) is 2.47. The molecule has 0 aromatic rings. The molecule has 0 radical (unpaired) electrons. The summed E-state index contributed by atoms with van der Waals surface area (Å²) in [4.78, 5) is 0. The van der Waals surface area contributed by atoms with Crippen LogP contribution in [0, 0.1) is 5.92 Å². The molecule has 1 N–H and O–H groups in total. The Bertz CT molecular complexity index is 176. The molecule has 1 aliphatic heterocycles. The van der Waals surface area contributed by atoms with Crippen molar-refractivity contribution in [3.05, 3.63) is 0 Å². The molecule has 3 atom stereocenters. The van der Waals surface area contributed by atoms with Crippen molar-refractivity contribution in [1.82, 2.24) is 5.32 Å². The average molecular weight is 227 g/mol. The Morgan fingerprint density at radius 3 is 2.50 bits per heavy atom. The third kappa shape index (κ3) is 5.31. The molecule has 1 fully saturated rings. The summed E-state index contributed by atoms with van der Waals surface area (Å²) in [5, 5.41) is 3.67. The van der Waals surface area contributed by atoms with Gasteiger partial charge < -0.3 is 10.1 Å². The Kier molecular flexibility index (Phi) is 6.37. The zero-order chi connectivity index (χ0) is 12.0. The minimum atomic E-state index is 0.451. The summed E-state index contributed by atoms with van der Waals surface area (Å²) in [6, 6.07) is 1.13. The lowest BCUT2D eigenvalue weighted by Crippen LogP contribution is -2.42. The van der Waals surface area contributed by atoms with Crippen molar-refractivity contribution in [2.45, 2.75) is 78.0 Å². The lowest BCUT2D eigenvalue weighted by Gasteiger charge is -2.24. The average Bonchev–Trinajstić information content (AvgIpc) is 2.69. The van der Waals surface area contributed by atoms with Crippen molar-refractivity contribution in [3.8, 4) is 0 Å². The Morgan fingerprint density at radius 1 is 1.19 bits per heavy atom. The molecule has 0 aromatic heterocycles. The summed E-state index contributed by atoms with van der Waals surface area (Å²) in [5.74, 6) is 0.836. The Morgan fingerprint density at radius 2 is 1.94 bits per heavy atom. The highest BCUT2D eigenvalue weighted by molar-refractivity contribution is 4.79. The topological polar surface area (TPSA) is 21.3 Å². The Labute approximate surface area is 101 Å². The van der Waals surface area contributed by atoms with E-state index < -0.39 is 0 Å². The highest BCUT2D eigenvalue weighted by Crippen LogP contribution is 2.16. The fraction of sp³-hybridized carbons (Fsp3) is 1.00. The molecule has 0 bridgehead atoms. The van der Waals surface area contributed by atoms with E-state index in [0.717, 1.165) is 12.5 Å². The normalized spacial score (nSPS) is 24.9. The second-order valence-electron chi connectivity index (χ2n) is 5.73. The van der Waals surface area contributed by atoms with Gasteiger partial charge in [-0.25, -0.2) is 0 Å². The molecule has 0 aliphatic carbocycles. The van der Waals surface area contributed by atoms with Crippen LogP contribution in [0.5, 0.6) is 0 Å². The van der Waals surface area contributed by atoms with Gasteiger partial charge in [0.2, 0.25) is 0 Å². The molecule has 96 valence electrons. The van der Waals surface area contributed by atoms with Crippen molar-refractivity contribution in [3.63, 3.8) is 0 Å². The lowest BCUT2D eigenvalue weighted by molar-refractivity contribution is 0.0799. The molecule has 16 heavy (non-hydrogen) atoms. The number of hydrogen-bond acceptors (Lipinski definition) is 2. The molecule has 2 heteroatoms. The molecule has 2 nitrogen and oxygen atoms in total. The summed E-state index contributed by atoms with van der Waals surface area (Å²) in [5.41, 5.74) is 0. The molecular formula is C14H29NO. The van der Waals surface area contributed by atoms with Crippen LogP contribution in [0.3, 0.4) is 0 Å². The van der Waals surface area contributed by atoms with Gasteiger partial charge in [-0.2, -0.15) is 0 Å². The highest BCUT2D eigenvalue weighted by atomic mass is 16.5. The Hall–Kier alpha value is -0.0800. The molecule has 1 heterocycles. The highest BCUT2D eigenvalue weighted by Gasteiger charge is 2.22. The van der Waals surface area contributed by atoms with E-state index in [4.69, 9.17) is 4.74 Å². The van der Waals surface area contributed by atoms with E-state index in [1.165, 1.54) is 32.1 Å². The van der Waals surface area contributed by atoms with Crippen molar-refractivity contribution in [1.29, 1.82) is 0 Å². The van der Waals surface area contributed by atoms with Crippen LogP contribution in [0.25, 0.3) is 0 Å². The summed E-state index contributed by atoms with van der Waals surface area (Å²) < 4.78 is 5.70. The summed E-state index contributed by atoms with van der Waals surface area (Å²) in [7, 11) is 0. The standard InChI is InChI=1S/C14H29NO/c1-11(2)7-5-8-12(3)15-13(4)14-9-6-10-16-14/h11-15H,5-10H2,1-4H3. The lowest BCUT2D eigenvalue weighted by atomic mass is 10.0. The zero-order valence-corrected chi connectivity index (χ0v) is 11.5. The van der Waals surface area contributed by atoms with E-state index in [1.54, 1.807) is 0 Å². The summed E-state index contributed by atoms with van der Waals surface area (Å²) in [6.07, 6.45) is 6.89. The van der Waals surface area contributed by atoms with Crippen LogP contribution >= 0.6 is 0 Å². The molecular weight excluding hydrogens is 198 g/mol. The minimum Gasteiger partial charge on any atom is -0.377 e. The summed E-state index contributed by atoms with van der Waals surface area (Å²) >= 11 is 0. The van der Waals surface area contributed by atoms with Gasteiger partial charge in [0.05, 0.1) is 6.10 Å². The van der Waals surface area contributed by atoms with Crippen LogP contribution < -0.4 is 5.32 Å². The van der Waals surface area contributed by atoms with Gasteiger partial charge in [-0.05, 0) is 39.0 Å². The number of ether oxygens (including phenoxy) is 1. The third-order valence-corrected chi connectivity index (χ3v) is 3.49. The Balaban J connectivity index is 2.10. The summed E-state index contributed by atoms with van der Waals surface area (Å²) in [6.45, 7) is 10.1. The third-order valence-electron chi connectivity index (χ3n) is 3.49. The molecule has 0 aromatic carbocycles.